The summed E-state index contributed by atoms with van der Waals surface area (Å²) < 4.78 is 1.32. The summed E-state index contributed by atoms with van der Waals surface area (Å²) in [6, 6.07) is 6.38. The molecule has 1 aliphatic heterocycles. The lowest BCUT2D eigenvalue weighted by Gasteiger charge is -1.98. The third-order valence-corrected chi connectivity index (χ3v) is 3.29. The van der Waals surface area contributed by atoms with Crippen LogP contribution in [0.4, 0.5) is 5.69 Å². The number of halogens is 1. The van der Waals surface area contributed by atoms with Crippen molar-refractivity contribution in [2.75, 3.05) is 11.2 Å². The van der Waals surface area contributed by atoms with Gasteiger partial charge in [-0.25, -0.2) is 0 Å². The minimum Gasteiger partial charge on any atom is -0.374 e. The van der Waals surface area contributed by atoms with Gasteiger partial charge in [-0.05, 0) is 34.7 Å². The van der Waals surface area contributed by atoms with Gasteiger partial charge in [0.1, 0.15) is 0 Å². The molecule has 0 saturated carbocycles. The van der Waals surface area contributed by atoms with E-state index >= 15 is 0 Å². The summed E-state index contributed by atoms with van der Waals surface area (Å²) in [6.45, 7) is 0. The molecule has 1 aromatic carbocycles. The number of anilines is 1. The summed E-state index contributed by atoms with van der Waals surface area (Å²) in [7, 11) is 0. The molecule has 0 aliphatic carbocycles. The van der Waals surface area contributed by atoms with E-state index < -0.39 is 0 Å². The third-order valence-electron chi connectivity index (χ3n) is 1.45. The number of rotatable bonds is 0. The maximum absolute atomic E-state index is 3.32. The van der Waals surface area contributed by atoms with Gasteiger partial charge in [-0.3, -0.25) is 0 Å². The van der Waals surface area contributed by atoms with Crippen LogP contribution in [0.25, 0.3) is 0 Å². The zero-order valence-electron chi connectivity index (χ0n) is 5.23. The Bertz CT molecular complexity index is 262. The predicted octanol–water partition coefficient (Wildman–Crippen LogP) is 2.77. The Morgan fingerprint density at radius 2 is 2.40 bits per heavy atom. The first-order valence-corrected chi connectivity index (χ1v) is 5.09. The van der Waals surface area contributed by atoms with E-state index in [1.807, 2.05) is 11.8 Å². The molecule has 0 fully saturated rings. The molecule has 0 radical (unpaired) electrons. The highest BCUT2D eigenvalue weighted by molar-refractivity contribution is 14.1. The van der Waals surface area contributed by atoms with Gasteiger partial charge in [-0.15, -0.1) is 11.8 Å². The molecule has 1 nitrogen and oxygen atoms in total. The average Bonchev–Trinajstić information content (AvgIpc) is 2.36. The maximum atomic E-state index is 3.32. The van der Waals surface area contributed by atoms with Crippen LogP contribution >= 0.6 is 34.4 Å². The molecule has 0 atom stereocenters. The molecule has 0 aromatic heterocycles. The highest BCUT2D eigenvalue weighted by atomic mass is 127. The maximum Gasteiger partial charge on any atom is 0.0658 e. The second-order valence-corrected chi connectivity index (χ2v) is 4.26. The van der Waals surface area contributed by atoms with Crippen LogP contribution in [-0.2, 0) is 0 Å². The Morgan fingerprint density at radius 1 is 1.50 bits per heavy atom. The molecule has 1 aliphatic rings. The number of fused-ring (bicyclic) bond motifs is 1. The van der Waals surface area contributed by atoms with Gasteiger partial charge in [0.05, 0.1) is 11.6 Å². The number of benzene rings is 1. The molecule has 0 bridgehead atoms. The van der Waals surface area contributed by atoms with Gasteiger partial charge in [-0.1, -0.05) is 6.07 Å². The average molecular weight is 263 g/mol. The minimum atomic E-state index is 1.02. The van der Waals surface area contributed by atoms with Crippen LogP contribution in [0.1, 0.15) is 0 Å². The molecule has 1 heterocycles. The van der Waals surface area contributed by atoms with Crippen LogP contribution < -0.4 is 5.32 Å². The lowest BCUT2D eigenvalue weighted by molar-refractivity contribution is 1.40. The number of thioether (sulfide) groups is 1. The Morgan fingerprint density at radius 3 is 3.20 bits per heavy atom. The Balaban J connectivity index is 2.59. The third kappa shape index (κ3) is 1.01. The van der Waals surface area contributed by atoms with Crippen LogP contribution in [0.5, 0.6) is 0 Å². The van der Waals surface area contributed by atoms with Crippen molar-refractivity contribution in [1.82, 2.24) is 0 Å². The van der Waals surface area contributed by atoms with Gasteiger partial charge in [-0.2, -0.15) is 0 Å². The van der Waals surface area contributed by atoms with Crippen LogP contribution in [0, 0.1) is 3.57 Å². The standard InChI is InChI=1S/C7H6INS/c8-5-2-1-3-6-7(5)9-4-10-6/h1-3,9H,4H2. The van der Waals surface area contributed by atoms with E-state index in [0.717, 1.165) is 5.88 Å². The lowest BCUT2D eigenvalue weighted by atomic mass is 10.3. The minimum absolute atomic E-state index is 1.02. The van der Waals surface area contributed by atoms with Gasteiger partial charge in [0.2, 0.25) is 0 Å². The summed E-state index contributed by atoms with van der Waals surface area (Å²) in [4.78, 5) is 1.38. The molecular formula is C7H6INS. The molecule has 3 heteroatoms. The molecule has 10 heavy (non-hydrogen) atoms. The largest absolute Gasteiger partial charge is 0.374 e. The van der Waals surface area contributed by atoms with Gasteiger partial charge in [0.15, 0.2) is 0 Å². The quantitative estimate of drug-likeness (QED) is 0.722. The first-order valence-electron chi connectivity index (χ1n) is 3.03. The summed E-state index contributed by atoms with van der Waals surface area (Å²) >= 11 is 4.22. The summed E-state index contributed by atoms with van der Waals surface area (Å²) in [5, 5.41) is 3.32. The first kappa shape index (κ1) is 6.79. The van der Waals surface area contributed by atoms with E-state index in [0.29, 0.717) is 0 Å². The molecule has 1 aromatic rings. The Kier molecular flexibility index (Phi) is 1.78. The van der Waals surface area contributed by atoms with Gasteiger partial charge < -0.3 is 5.32 Å². The summed E-state index contributed by atoms with van der Waals surface area (Å²) in [5.74, 6) is 1.02. The second kappa shape index (κ2) is 2.62. The topological polar surface area (TPSA) is 12.0 Å². The highest BCUT2D eigenvalue weighted by Gasteiger charge is 2.11. The van der Waals surface area contributed by atoms with Crippen molar-refractivity contribution in [3.05, 3.63) is 21.8 Å². The van der Waals surface area contributed by atoms with Crippen LogP contribution in [-0.4, -0.2) is 5.88 Å². The number of para-hydroxylation sites is 1. The van der Waals surface area contributed by atoms with E-state index in [1.165, 1.54) is 14.2 Å². The number of hydrogen-bond acceptors (Lipinski definition) is 2. The van der Waals surface area contributed by atoms with Crippen molar-refractivity contribution >= 4 is 40.0 Å². The van der Waals surface area contributed by atoms with Crippen LogP contribution in [0.3, 0.4) is 0 Å². The fraction of sp³-hybridized carbons (Fsp3) is 0.143. The van der Waals surface area contributed by atoms with Crippen molar-refractivity contribution in [3.8, 4) is 0 Å². The highest BCUT2D eigenvalue weighted by Crippen LogP contribution is 2.36. The van der Waals surface area contributed by atoms with E-state index in [9.17, 15) is 0 Å². The van der Waals surface area contributed by atoms with Crippen LogP contribution in [0.2, 0.25) is 0 Å². The second-order valence-electron chi connectivity index (χ2n) is 2.08. The van der Waals surface area contributed by atoms with E-state index in [-0.39, 0.29) is 0 Å². The molecule has 0 unspecified atom stereocenters. The summed E-state index contributed by atoms with van der Waals surface area (Å²) in [5.41, 5.74) is 1.31. The van der Waals surface area contributed by atoms with E-state index in [2.05, 4.69) is 46.1 Å². The SMILES string of the molecule is Ic1cccc2c1NCS2. The van der Waals surface area contributed by atoms with Crippen molar-refractivity contribution in [2.24, 2.45) is 0 Å². The predicted molar refractivity (Wildman–Crippen MR) is 53.5 cm³/mol. The van der Waals surface area contributed by atoms with E-state index in [4.69, 9.17) is 0 Å². The Hall–Kier alpha value is 0.1000. The number of hydrogen-bond donors (Lipinski definition) is 1. The van der Waals surface area contributed by atoms with Gasteiger partial charge >= 0.3 is 0 Å². The van der Waals surface area contributed by atoms with Crippen molar-refractivity contribution < 1.29 is 0 Å². The van der Waals surface area contributed by atoms with Gasteiger partial charge in [0.25, 0.3) is 0 Å². The van der Waals surface area contributed by atoms with Crippen LogP contribution in [0.15, 0.2) is 23.1 Å². The Labute approximate surface area is 77.7 Å². The van der Waals surface area contributed by atoms with Crippen molar-refractivity contribution in [1.29, 1.82) is 0 Å². The number of nitrogens with one attached hydrogen (secondary N) is 1. The molecule has 2 rings (SSSR count). The molecule has 0 amide bonds. The monoisotopic (exact) mass is 263 g/mol. The zero-order chi connectivity index (χ0) is 6.97. The summed E-state index contributed by atoms with van der Waals surface area (Å²) in [6.07, 6.45) is 0. The molecule has 52 valence electrons. The molecule has 0 spiro atoms. The zero-order valence-corrected chi connectivity index (χ0v) is 8.20. The first-order chi connectivity index (χ1) is 4.88. The lowest BCUT2D eigenvalue weighted by Crippen LogP contribution is -1.90. The van der Waals surface area contributed by atoms with Crippen molar-refractivity contribution in [3.63, 3.8) is 0 Å². The molecular weight excluding hydrogens is 257 g/mol. The fourth-order valence-corrected chi connectivity index (χ4v) is 2.73. The molecule has 1 N–H and O–H groups in total. The smallest absolute Gasteiger partial charge is 0.0658 e. The molecule has 0 saturated heterocycles. The van der Waals surface area contributed by atoms with Crippen molar-refractivity contribution in [2.45, 2.75) is 4.90 Å². The fourth-order valence-electron chi connectivity index (χ4n) is 0.982. The normalized spacial score (nSPS) is 14.5. The van der Waals surface area contributed by atoms with E-state index in [1.54, 1.807) is 0 Å². The van der Waals surface area contributed by atoms with Gasteiger partial charge in [0, 0.05) is 8.47 Å².